The first-order chi connectivity index (χ1) is 6.52. The van der Waals surface area contributed by atoms with E-state index < -0.39 is 12.0 Å². The molecule has 0 saturated heterocycles. The van der Waals surface area contributed by atoms with Crippen LogP contribution in [0.4, 0.5) is 0 Å². The molecule has 0 aliphatic carbocycles. The Hall–Kier alpha value is -1.42. The number of carboxylic acids is 1. The molecule has 0 saturated carbocycles. The number of aryl methyl sites for hydroxylation is 1. The third-order valence-corrected chi connectivity index (χ3v) is 2.29. The number of carbonyl (C=O) groups is 1. The number of nitrogens with zero attached hydrogens (tertiary/aromatic N) is 1. The summed E-state index contributed by atoms with van der Waals surface area (Å²) in [5.74, 6) is -0.883. The lowest BCUT2D eigenvalue weighted by atomic mass is 9.99. The van der Waals surface area contributed by atoms with E-state index in [0.717, 1.165) is 16.8 Å². The molecule has 0 spiro atoms. The summed E-state index contributed by atoms with van der Waals surface area (Å²) in [4.78, 5) is 14.6. The number of carboxylic acid groups (broad SMARTS) is 1. The molecule has 0 aromatic carbocycles. The highest BCUT2D eigenvalue weighted by atomic mass is 16.4. The van der Waals surface area contributed by atoms with E-state index in [1.54, 1.807) is 12.3 Å². The molecular weight excluding hydrogens is 180 g/mol. The zero-order valence-electron chi connectivity index (χ0n) is 8.32. The van der Waals surface area contributed by atoms with Crippen LogP contribution in [-0.2, 0) is 4.79 Å². The SMILES string of the molecule is Cc1nccc(C(N)CC(=O)O)c1C. The topological polar surface area (TPSA) is 76.2 Å². The zero-order chi connectivity index (χ0) is 10.7. The van der Waals surface area contributed by atoms with Gasteiger partial charge in [-0.05, 0) is 31.0 Å². The summed E-state index contributed by atoms with van der Waals surface area (Å²) in [6.45, 7) is 3.78. The van der Waals surface area contributed by atoms with Gasteiger partial charge in [0.05, 0.1) is 6.42 Å². The number of nitrogens with two attached hydrogens (primary N) is 1. The predicted molar refractivity (Wildman–Crippen MR) is 52.9 cm³/mol. The standard InChI is InChI=1S/C10H14N2O2/c1-6-7(2)12-4-3-8(6)9(11)5-10(13)14/h3-4,9H,5,11H2,1-2H3,(H,13,14). The van der Waals surface area contributed by atoms with Gasteiger partial charge >= 0.3 is 5.97 Å². The molecule has 0 aliphatic heterocycles. The summed E-state index contributed by atoms with van der Waals surface area (Å²) >= 11 is 0. The first-order valence-electron chi connectivity index (χ1n) is 4.42. The van der Waals surface area contributed by atoms with Crippen molar-refractivity contribution in [1.82, 2.24) is 4.98 Å². The van der Waals surface area contributed by atoms with E-state index in [4.69, 9.17) is 10.8 Å². The van der Waals surface area contributed by atoms with Crippen molar-refractivity contribution in [3.05, 3.63) is 29.1 Å². The second kappa shape index (κ2) is 4.19. The Labute approximate surface area is 82.8 Å². The monoisotopic (exact) mass is 194 g/mol. The average Bonchev–Trinajstić information content (AvgIpc) is 2.08. The molecule has 1 unspecified atom stereocenters. The van der Waals surface area contributed by atoms with Crippen molar-refractivity contribution in [1.29, 1.82) is 0 Å². The van der Waals surface area contributed by atoms with E-state index in [-0.39, 0.29) is 6.42 Å². The molecule has 0 aliphatic rings. The molecule has 1 aromatic heterocycles. The van der Waals surface area contributed by atoms with Crippen LogP contribution in [0.2, 0.25) is 0 Å². The van der Waals surface area contributed by atoms with Crippen LogP contribution >= 0.6 is 0 Å². The van der Waals surface area contributed by atoms with Crippen molar-refractivity contribution in [2.45, 2.75) is 26.3 Å². The van der Waals surface area contributed by atoms with E-state index in [1.165, 1.54) is 0 Å². The van der Waals surface area contributed by atoms with Crippen LogP contribution in [-0.4, -0.2) is 16.1 Å². The van der Waals surface area contributed by atoms with Gasteiger partial charge in [-0.15, -0.1) is 0 Å². The van der Waals surface area contributed by atoms with Crippen molar-refractivity contribution >= 4 is 5.97 Å². The van der Waals surface area contributed by atoms with E-state index in [2.05, 4.69) is 4.98 Å². The first-order valence-corrected chi connectivity index (χ1v) is 4.42. The molecule has 14 heavy (non-hydrogen) atoms. The lowest BCUT2D eigenvalue weighted by Crippen LogP contribution is -2.16. The van der Waals surface area contributed by atoms with Gasteiger partial charge in [-0.2, -0.15) is 0 Å². The van der Waals surface area contributed by atoms with Gasteiger partial charge < -0.3 is 10.8 Å². The van der Waals surface area contributed by atoms with Gasteiger partial charge in [0.1, 0.15) is 0 Å². The van der Waals surface area contributed by atoms with E-state index >= 15 is 0 Å². The molecule has 3 N–H and O–H groups in total. The highest BCUT2D eigenvalue weighted by molar-refractivity contribution is 5.68. The molecule has 1 heterocycles. The van der Waals surface area contributed by atoms with E-state index in [9.17, 15) is 4.79 Å². The maximum absolute atomic E-state index is 10.5. The quantitative estimate of drug-likeness (QED) is 0.757. The number of aliphatic carboxylic acids is 1. The fourth-order valence-electron chi connectivity index (χ4n) is 1.36. The molecule has 1 aromatic rings. The number of pyridine rings is 1. The average molecular weight is 194 g/mol. The Kier molecular flexibility index (Phi) is 3.19. The van der Waals surface area contributed by atoms with Gasteiger partial charge in [0.25, 0.3) is 0 Å². The van der Waals surface area contributed by atoms with Crippen molar-refractivity contribution in [2.75, 3.05) is 0 Å². The van der Waals surface area contributed by atoms with Gasteiger partial charge in [0.2, 0.25) is 0 Å². The summed E-state index contributed by atoms with van der Waals surface area (Å²) in [7, 11) is 0. The number of aromatic nitrogens is 1. The lowest BCUT2D eigenvalue weighted by Gasteiger charge is -2.13. The Morgan fingerprint density at radius 3 is 2.86 bits per heavy atom. The van der Waals surface area contributed by atoms with Crippen LogP contribution in [0.1, 0.15) is 29.3 Å². The van der Waals surface area contributed by atoms with Crippen molar-refractivity contribution in [2.24, 2.45) is 5.73 Å². The molecule has 0 bridgehead atoms. The lowest BCUT2D eigenvalue weighted by molar-refractivity contribution is -0.137. The number of rotatable bonds is 3. The van der Waals surface area contributed by atoms with Crippen LogP contribution < -0.4 is 5.73 Å². The van der Waals surface area contributed by atoms with Gasteiger partial charge in [-0.1, -0.05) is 0 Å². The minimum absolute atomic E-state index is 0.0513. The first kappa shape index (κ1) is 10.7. The van der Waals surface area contributed by atoms with Crippen LogP contribution in [0.3, 0.4) is 0 Å². The second-order valence-electron chi connectivity index (χ2n) is 3.31. The van der Waals surface area contributed by atoms with E-state index in [0.29, 0.717) is 0 Å². The van der Waals surface area contributed by atoms with Gasteiger partial charge in [-0.3, -0.25) is 9.78 Å². The summed E-state index contributed by atoms with van der Waals surface area (Å²) in [5.41, 5.74) is 8.48. The summed E-state index contributed by atoms with van der Waals surface area (Å²) < 4.78 is 0. The number of hydrogen-bond donors (Lipinski definition) is 2. The van der Waals surface area contributed by atoms with Gasteiger partial charge in [0.15, 0.2) is 0 Å². The summed E-state index contributed by atoms with van der Waals surface area (Å²) in [5, 5.41) is 8.61. The number of hydrogen-bond acceptors (Lipinski definition) is 3. The molecule has 0 fully saturated rings. The molecule has 0 radical (unpaired) electrons. The molecule has 1 rings (SSSR count). The summed E-state index contributed by atoms with van der Waals surface area (Å²) in [6, 6.07) is 1.32. The Morgan fingerprint density at radius 1 is 1.64 bits per heavy atom. The predicted octanol–water partition coefficient (Wildman–Crippen LogP) is 1.17. The minimum atomic E-state index is -0.883. The third-order valence-electron chi connectivity index (χ3n) is 2.29. The molecule has 4 nitrogen and oxygen atoms in total. The minimum Gasteiger partial charge on any atom is -0.481 e. The van der Waals surface area contributed by atoms with Crippen LogP contribution in [0.25, 0.3) is 0 Å². The van der Waals surface area contributed by atoms with Gasteiger partial charge in [-0.25, -0.2) is 0 Å². The third kappa shape index (κ3) is 2.29. The van der Waals surface area contributed by atoms with Crippen molar-refractivity contribution in [3.63, 3.8) is 0 Å². The molecule has 4 heteroatoms. The highest BCUT2D eigenvalue weighted by Crippen LogP contribution is 2.19. The Balaban J connectivity index is 2.95. The summed E-state index contributed by atoms with van der Waals surface area (Å²) in [6.07, 6.45) is 1.60. The Morgan fingerprint density at radius 2 is 2.29 bits per heavy atom. The largest absolute Gasteiger partial charge is 0.481 e. The fourth-order valence-corrected chi connectivity index (χ4v) is 1.36. The van der Waals surface area contributed by atoms with Gasteiger partial charge in [0, 0.05) is 17.9 Å². The fraction of sp³-hybridized carbons (Fsp3) is 0.400. The van der Waals surface area contributed by atoms with Crippen LogP contribution in [0, 0.1) is 13.8 Å². The molecule has 1 atom stereocenters. The Bertz CT molecular complexity index is 350. The second-order valence-corrected chi connectivity index (χ2v) is 3.31. The molecule has 76 valence electrons. The van der Waals surface area contributed by atoms with Crippen molar-refractivity contribution in [3.8, 4) is 0 Å². The van der Waals surface area contributed by atoms with E-state index in [1.807, 2.05) is 13.8 Å². The molecule has 0 amide bonds. The molecular formula is C10H14N2O2. The zero-order valence-corrected chi connectivity index (χ0v) is 8.32. The normalized spacial score (nSPS) is 12.5. The maximum Gasteiger partial charge on any atom is 0.305 e. The highest BCUT2D eigenvalue weighted by Gasteiger charge is 2.13. The van der Waals surface area contributed by atoms with Crippen LogP contribution in [0.5, 0.6) is 0 Å². The van der Waals surface area contributed by atoms with Crippen LogP contribution in [0.15, 0.2) is 12.3 Å². The maximum atomic E-state index is 10.5. The smallest absolute Gasteiger partial charge is 0.305 e. The van der Waals surface area contributed by atoms with Crippen molar-refractivity contribution < 1.29 is 9.90 Å².